The second kappa shape index (κ2) is 3.62. The summed E-state index contributed by atoms with van der Waals surface area (Å²) in [6.45, 7) is 2.46. The number of aromatic nitrogens is 2. The molecule has 1 aliphatic heterocycles. The fraction of sp³-hybridized carbons (Fsp3) is 0.571. The third kappa shape index (κ3) is 1.67. The first-order valence-electron chi connectivity index (χ1n) is 4.17. The number of hydrogen-bond donors (Lipinski definition) is 1. The van der Waals surface area contributed by atoms with Crippen LogP contribution in [0.15, 0.2) is 4.42 Å². The van der Waals surface area contributed by atoms with Crippen molar-refractivity contribution in [1.29, 1.82) is 0 Å². The van der Waals surface area contributed by atoms with E-state index >= 15 is 0 Å². The van der Waals surface area contributed by atoms with Gasteiger partial charge in [-0.15, -0.1) is 0 Å². The van der Waals surface area contributed by atoms with Gasteiger partial charge in [0.05, 0.1) is 13.2 Å². The molecular formula is C7H9N3O4. The highest BCUT2D eigenvalue weighted by atomic mass is 16.5. The van der Waals surface area contributed by atoms with Crippen molar-refractivity contribution in [2.24, 2.45) is 0 Å². The maximum atomic E-state index is 10.5. The van der Waals surface area contributed by atoms with Crippen molar-refractivity contribution in [3.05, 3.63) is 5.89 Å². The van der Waals surface area contributed by atoms with Crippen LogP contribution in [0.5, 0.6) is 0 Å². The largest absolute Gasteiger partial charge is 0.474 e. The van der Waals surface area contributed by atoms with Gasteiger partial charge in [0.1, 0.15) is 0 Å². The number of nitrogens with zero attached hydrogens (tertiary/aromatic N) is 3. The average molecular weight is 199 g/mol. The summed E-state index contributed by atoms with van der Waals surface area (Å²) in [7, 11) is 0. The Balaban J connectivity index is 2.11. The summed E-state index contributed by atoms with van der Waals surface area (Å²) in [5.74, 6) is -1.59. The number of hydrogen-bond acceptors (Lipinski definition) is 6. The Kier molecular flexibility index (Phi) is 2.32. The Morgan fingerprint density at radius 1 is 1.36 bits per heavy atom. The molecule has 1 aromatic heterocycles. The predicted molar refractivity (Wildman–Crippen MR) is 44.3 cm³/mol. The van der Waals surface area contributed by atoms with Crippen molar-refractivity contribution >= 4 is 12.0 Å². The Morgan fingerprint density at radius 3 is 2.64 bits per heavy atom. The van der Waals surface area contributed by atoms with E-state index in [-0.39, 0.29) is 11.9 Å². The SMILES string of the molecule is O=C(O)c1nnc(N2CCOCC2)o1. The van der Waals surface area contributed by atoms with Crippen LogP contribution in [-0.2, 0) is 4.74 Å². The fourth-order valence-corrected chi connectivity index (χ4v) is 1.18. The molecule has 0 atom stereocenters. The Labute approximate surface area is 79.3 Å². The van der Waals surface area contributed by atoms with Crippen molar-refractivity contribution in [1.82, 2.24) is 10.2 Å². The average Bonchev–Trinajstić information content (AvgIpc) is 2.68. The molecule has 1 fully saturated rings. The molecule has 0 aromatic carbocycles. The third-order valence-electron chi connectivity index (χ3n) is 1.88. The fourth-order valence-electron chi connectivity index (χ4n) is 1.18. The van der Waals surface area contributed by atoms with Gasteiger partial charge in [-0.25, -0.2) is 4.79 Å². The molecule has 76 valence electrons. The van der Waals surface area contributed by atoms with E-state index in [4.69, 9.17) is 14.3 Å². The molecule has 0 radical (unpaired) electrons. The van der Waals surface area contributed by atoms with E-state index in [9.17, 15) is 4.79 Å². The van der Waals surface area contributed by atoms with Gasteiger partial charge in [0.2, 0.25) is 0 Å². The van der Waals surface area contributed by atoms with Gasteiger partial charge in [-0.1, -0.05) is 10.2 Å². The summed E-state index contributed by atoms with van der Waals surface area (Å²) < 4.78 is 10.1. The van der Waals surface area contributed by atoms with Crippen LogP contribution in [0.1, 0.15) is 10.7 Å². The van der Waals surface area contributed by atoms with Crippen molar-refractivity contribution in [2.45, 2.75) is 0 Å². The van der Waals surface area contributed by atoms with Gasteiger partial charge in [0, 0.05) is 13.1 Å². The second-order valence-electron chi connectivity index (χ2n) is 2.79. The zero-order valence-electron chi connectivity index (χ0n) is 7.34. The van der Waals surface area contributed by atoms with Crippen LogP contribution in [0.2, 0.25) is 0 Å². The summed E-state index contributed by atoms with van der Waals surface area (Å²) in [5, 5.41) is 15.6. The molecular weight excluding hydrogens is 190 g/mol. The minimum Gasteiger partial charge on any atom is -0.474 e. The molecule has 7 nitrogen and oxygen atoms in total. The summed E-state index contributed by atoms with van der Waals surface area (Å²) in [5.41, 5.74) is 0. The summed E-state index contributed by atoms with van der Waals surface area (Å²) in [6, 6.07) is 0.241. The van der Waals surface area contributed by atoms with E-state index in [0.29, 0.717) is 26.3 Å². The highest BCUT2D eigenvalue weighted by molar-refractivity contribution is 5.82. The lowest BCUT2D eigenvalue weighted by Crippen LogP contribution is -2.36. The van der Waals surface area contributed by atoms with Crippen molar-refractivity contribution in [3.8, 4) is 0 Å². The Bertz CT molecular complexity index is 331. The van der Waals surface area contributed by atoms with E-state index in [1.165, 1.54) is 0 Å². The van der Waals surface area contributed by atoms with Gasteiger partial charge >= 0.3 is 17.9 Å². The molecule has 1 saturated heterocycles. The van der Waals surface area contributed by atoms with E-state index < -0.39 is 5.97 Å². The summed E-state index contributed by atoms with van der Waals surface area (Å²) >= 11 is 0. The maximum Gasteiger partial charge on any atom is 0.393 e. The molecule has 0 aliphatic carbocycles. The van der Waals surface area contributed by atoms with Crippen LogP contribution in [0.3, 0.4) is 0 Å². The number of carboxylic acids is 1. The number of rotatable bonds is 2. The lowest BCUT2D eigenvalue weighted by molar-refractivity contribution is 0.0653. The number of ether oxygens (including phenoxy) is 1. The smallest absolute Gasteiger partial charge is 0.393 e. The number of aromatic carboxylic acids is 1. The zero-order chi connectivity index (χ0) is 9.97. The van der Waals surface area contributed by atoms with Crippen LogP contribution in [-0.4, -0.2) is 47.6 Å². The number of morpholine rings is 1. The second-order valence-corrected chi connectivity index (χ2v) is 2.79. The number of anilines is 1. The molecule has 0 spiro atoms. The molecule has 2 rings (SSSR count). The normalized spacial score (nSPS) is 17.0. The summed E-state index contributed by atoms with van der Waals surface area (Å²) in [6.07, 6.45) is 0. The lowest BCUT2D eigenvalue weighted by Gasteiger charge is -2.24. The molecule has 0 saturated carbocycles. The van der Waals surface area contributed by atoms with Crippen LogP contribution in [0, 0.1) is 0 Å². The highest BCUT2D eigenvalue weighted by Gasteiger charge is 2.19. The van der Waals surface area contributed by atoms with Crippen LogP contribution >= 0.6 is 0 Å². The predicted octanol–water partition coefficient (Wildman–Crippen LogP) is -0.396. The topological polar surface area (TPSA) is 88.7 Å². The highest BCUT2D eigenvalue weighted by Crippen LogP contribution is 2.13. The van der Waals surface area contributed by atoms with E-state index in [1.807, 2.05) is 0 Å². The van der Waals surface area contributed by atoms with Gasteiger partial charge < -0.3 is 19.2 Å². The Hall–Kier alpha value is -1.63. The molecule has 1 N–H and O–H groups in total. The van der Waals surface area contributed by atoms with E-state index in [0.717, 1.165) is 0 Å². The first-order chi connectivity index (χ1) is 6.77. The maximum absolute atomic E-state index is 10.5. The monoisotopic (exact) mass is 199 g/mol. The van der Waals surface area contributed by atoms with Gasteiger partial charge in [-0.2, -0.15) is 0 Å². The first kappa shape index (κ1) is 8.95. The molecule has 1 aromatic rings. The minimum absolute atomic E-state index is 0.241. The molecule has 1 aliphatic rings. The molecule has 14 heavy (non-hydrogen) atoms. The van der Waals surface area contributed by atoms with Gasteiger partial charge in [0.15, 0.2) is 0 Å². The molecule has 2 heterocycles. The molecule has 0 amide bonds. The van der Waals surface area contributed by atoms with Crippen molar-refractivity contribution < 1.29 is 19.1 Å². The van der Waals surface area contributed by atoms with Crippen molar-refractivity contribution in [3.63, 3.8) is 0 Å². The van der Waals surface area contributed by atoms with Crippen LogP contribution < -0.4 is 4.90 Å². The minimum atomic E-state index is -1.21. The number of carbonyl (C=O) groups is 1. The molecule has 7 heteroatoms. The molecule has 0 bridgehead atoms. The zero-order valence-corrected chi connectivity index (χ0v) is 7.34. The van der Waals surface area contributed by atoms with Crippen molar-refractivity contribution in [2.75, 3.05) is 31.2 Å². The molecule has 0 unspecified atom stereocenters. The first-order valence-corrected chi connectivity index (χ1v) is 4.17. The number of carboxylic acid groups (broad SMARTS) is 1. The van der Waals surface area contributed by atoms with Gasteiger partial charge in [-0.3, -0.25) is 0 Å². The standard InChI is InChI=1S/C7H9N3O4/c11-6(12)5-8-9-7(14-5)10-1-3-13-4-2-10/h1-4H2,(H,11,12). The van der Waals surface area contributed by atoms with E-state index in [1.54, 1.807) is 4.90 Å². The quantitative estimate of drug-likeness (QED) is 0.693. The van der Waals surface area contributed by atoms with E-state index in [2.05, 4.69) is 10.2 Å². The van der Waals surface area contributed by atoms with Gasteiger partial charge in [0.25, 0.3) is 0 Å². The van der Waals surface area contributed by atoms with Gasteiger partial charge in [-0.05, 0) is 0 Å². The lowest BCUT2D eigenvalue weighted by atomic mass is 10.5. The summed E-state index contributed by atoms with van der Waals surface area (Å²) in [4.78, 5) is 12.3. The van der Waals surface area contributed by atoms with Crippen LogP contribution in [0.25, 0.3) is 0 Å². The Morgan fingerprint density at radius 2 is 2.07 bits per heavy atom. The third-order valence-corrected chi connectivity index (χ3v) is 1.88. The van der Waals surface area contributed by atoms with Crippen LogP contribution in [0.4, 0.5) is 6.01 Å².